The molecule has 2 aromatic carbocycles. The summed E-state index contributed by atoms with van der Waals surface area (Å²) < 4.78 is 1.48. The van der Waals surface area contributed by atoms with E-state index in [9.17, 15) is 9.90 Å². The first-order chi connectivity index (χ1) is 9.56. The van der Waals surface area contributed by atoms with Crippen LogP contribution in [0.15, 0.2) is 56.5 Å². The maximum Gasteiger partial charge on any atom is 0.271 e. The van der Waals surface area contributed by atoms with Crippen molar-refractivity contribution in [2.24, 2.45) is 5.10 Å². The molecular formula is C14H10Br2N2O2. The van der Waals surface area contributed by atoms with Gasteiger partial charge in [0, 0.05) is 10.0 Å². The molecular weight excluding hydrogens is 388 g/mol. The molecule has 0 atom stereocenters. The van der Waals surface area contributed by atoms with Crippen LogP contribution in [0.3, 0.4) is 0 Å². The zero-order valence-corrected chi connectivity index (χ0v) is 13.3. The lowest BCUT2D eigenvalue weighted by Crippen LogP contribution is -2.17. The van der Waals surface area contributed by atoms with Crippen LogP contribution in [-0.2, 0) is 0 Å². The molecule has 0 aliphatic carbocycles. The van der Waals surface area contributed by atoms with Crippen LogP contribution in [0.4, 0.5) is 0 Å². The molecule has 1 amide bonds. The molecule has 0 unspecified atom stereocenters. The maximum absolute atomic E-state index is 11.8. The molecule has 0 aliphatic heterocycles. The summed E-state index contributed by atoms with van der Waals surface area (Å²) in [5.74, 6) is -0.132. The summed E-state index contributed by atoms with van der Waals surface area (Å²) >= 11 is 6.51. The largest absolute Gasteiger partial charge is 0.507 e. The van der Waals surface area contributed by atoms with Gasteiger partial charge in [-0.25, -0.2) is 5.43 Å². The van der Waals surface area contributed by atoms with Crippen molar-refractivity contribution in [2.45, 2.75) is 0 Å². The second-order valence-corrected chi connectivity index (χ2v) is 5.69. The van der Waals surface area contributed by atoms with Crippen LogP contribution in [0, 0.1) is 0 Å². The Hall–Kier alpha value is -1.66. The predicted molar refractivity (Wildman–Crippen MR) is 85.0 cm³/mol. The third-order valence-corrected chi connectivity index (χ3v) is 3.62. The van der Waals surface area contributed by atoms with E-state index in [0.717, 1.165) is 10.0 Å². The lowest BCUT2D eigenvalue weighted by Gasteiger charge is -2.00. The van der Waals surface area contributed by atoms with Crippen molar-refractivity contribution in [3.8, 4) is 5.75 Å². The van der Waals surface area contributed by atoms with E-state index < -0.39 is 0 Å². The number of hydrogen-bond donors (Lipinski definition) is 2. The van der Waals surface area contributed by atoms with Crippen LogP contribution in [0.5, 0.6) is 5.75 Å². The first-order valence-corrected chi connectivity index (χ1v) is 7.22. The van der Waals surface area contributed by atoms with E-state index in [2.05, 4.69) is 42.4 Å². The summed E-state index contributed by atoms with van der Waals surface area (Å²) in [6.07, 6.45) is 1.50. The Morgan fingerprint density at radius 2 is 1.85 bits per heavy atom. The fourth-order valence-electron chi connectivity index (χ4n) is 1.43. The normalized spacial score (nSPS) is 10.7. The van der Waals surface area contributed by atoms with Gasteiger partial charge in [-0.05, 0) is 64.0 Å². The quantitative estimate of drug-likeness (QED) is 0.612. The first-order valence-electron chi connectivity index (χ1n) is 5.64. The minimum absolute atomic E-state index is 0.154. The molecule has 102 valence electrons. The fourth-order valence-corrected chi connectivity index (χ4v) is 2.10. The number of amides is 1. The number of halogens is 2. The lowest BCUT2D eigenvalue weighted by molar-refractivity contribution is 0.0955. The number of carbonyl (C=O) groups excluding carboxylic acids is 1. The number of hydrazone groups is 1. The Balaban J connectivity index is 2.00. The van der Waals surface area contributed by atoms with E-state index in [4.69, 9.17) is 0 Å². The number of phenols is 1. The van der Waals surface area contributed by atoms with Gasteiger partial charge in [0.25, 0.3) is 5.91 Å². The molecule has 20 heavy (non-hydrogen) atoms. The summed E-state index contributed by atoms with van der Waals surface area (Å²) in [6, 6.07) is 11.9. The Labute approximate surface area is 132 Å². The molecule has 0 spiro atoms. The molecule has 0 heterocycles. The van der Waals surface area contributed by atoms with Gasteiger partial charge in [-0.3, -0.25) is 4.79 Å². The van der Waals surface area contributed by atoms with E-state index in [1.54, 1.807) is 42.5 Å². The highest BCUT2D eigenvalue weighted by atomic mass is 79.9. The molecule has 0 fully saturated rings. The first kappa shape index (κ1) is 14.7. The van der Waals surface area contributed by atoms with E-state index in [0.29, 0.717) is 10.0 Å². The molecule has 2 rings (SSSR count). The van der Waals surface area contributed by atoms with Crippen LogP contribution in [-0.4, -0.2) is 17.2 Å². The summed E-state index contributed by atoms with van der Waals surface area (Å²) in [5.41, 5.74) is 3.72. The predicted octanol–water partition coefficient (Wildman–Crippen LogP) is 3.68. The van der Waals surface area contributed by atoms with Crippen LogP contribution in [0.25, 0.3) is 0 Å². The zero-order chi connectivity index (χ0) is 14.5. The molecule has 2 N–H and O–H groups in total. The third-order valence-electron chi connectivity index (χ3n) is 2.46. The Morgan fingerprint density at radius 1 is 1.15 bits per heavy atom. The zero-order valence-electron chi connectivity index (χ0n) is 10.2. The molecule has 0 aliphatic rings. The molecule has 0 saturated carbocycles. The molecule has 0 bridgehead atoms. The summed E-state index contributed by atoms with van der Waals surface area (Å²) in [6.45, 7) is 0. The van der Waals surface area contributed by atoms with Gasteiger partial charge in [0.1, 0.15) is 5.75 Å². The van der Waals surface area contributed by atoms with E-state index in [1.165, 1.54) is 6.21 Å². The van der Waals surface area contributed by atoms with Crippen LogP contribution in [0.1, 0.15) is 15.9 Å². The van der Waals surface area contributed by atoms with Crippen molar-refractivity contribution in [1.29, 1.82) is 0 Å². The minimum Gasteiger partial charge on any atom is -0.507 e. The van der Waals surface area contributed by atoms with Gasteiger partial charge in [0.2, 0.25) is 0 Å². The molecule has 2 aromatic rings. The Morgan fingerprint density at radius 3 is 2.50 bits per heavy atom. The average molecular weight is 398 g/mol. The van der Waals surface area contributed by atoms with Crippen molar-refractivity contribution in [1.82, 2.24) is 5.43 Å². The van der Waals surface area contributed by atoms with Crippen LogP contribution in [0.2, 0.25) is 0 Å². The smallest absolute Gasteiger partial charge is 0.271 e. The van der Waals surface area contributed by atoms with Gasteiger partial charge in [-0.15, -0.1) is 0 Å². The third kappa shape index (κ3) is 3.91. The highest BCUT2D eigenvalue weighted by molar-refractivity contribution is 9.10. The number of hydrogen-bond acceptors (Lipinski definition) is 3. The van der Waals surface area contributed by atoms with Crippen molar-refractivity contribution < 1.29 is 9.90 Å². The summed E-state index contributed by atoms with van der Waals surface area (Å²) in [5, 5.41) is 13.2. The van der Waals surface area contributed by atoms with Crippen LogP contribution >= 0.6 is 31.9 Å². The lowest BCUT2D eigenvalue weighted by atomic mass is 10.2. The van der Waals surface area contributed by atoms with Gasteiger partial charge < -0.3 is 5.11 Å². The molecule has 0 saturated heterocycles. The monoisotopic (exact) mass is 396 g/mol. The van der Waals surface area contributed by atoms with Gasteiger partial charge in [-0.2, -0.15) is 5.10 Å². The maximum atomic E-state index is 11.8. The van der Waals surface area contributed by atoms with Crippen molar-refractivity contribution >= 4 is 44.0 Å². The standard InChI is InChI=1S/C14H10Br2N2O2/c15-11-4-2-10(3-5-11)14(20)18-17-8-9-1-6-13(19)12(16)7-9/h1-8,19H,(H,18,20). The van der Waals surface area contributed by atoms with Crippen molar-refractivity contribution in [3.05, 3.63) is 62.5 Å². The van der Waals surface area contributed by atoms with E-state index in [1.807, 2.05) is 0 Å². The number of rotatable bonds is 3. The number of aromatic hydroxyl groups is 1. The number of nitrogens with zero attached hydrogens (tertiary/aromatic N) is 1. The van der Waals surface area contributed by atoms with E-state index >= 15 is 0 Å². The second kappa shape index (κ2) is 6.67. The minimum atomic E-state index is -0.286. The highest BCUT2D eigenvalue weighted by Crippen LogP contribution is 2.23. The van der Waals surface area contributed by atoms with Crippen LogP contribution < -0.4 is 5.43 Å². The molecule has 4 nitrogen and oxygen atoms in total. The van der Waals surface area contributed by atoms with Gasteiger partial charge >= 0.3 is 0 Å². The second-order valence-electron chi connectivity index (χ2n) is 3.92. The fraction of sp³-hybridized carbons (Fsp3) is 0. The molecule has 0 aromatic heterocycles. The van der Waals surface area contributed by atoms with Crippen molar-refractivity contribution in [2.75, 3.05) is 0 Å². The highest BCUT2D eigenvalue weighted by Gasteiger charge is 2.03. The summed E-state index contributed by atoms with van der Waals surface area (Å²) in [4.78, 5) is 11.8. The average Bonchev–Trinajstić information content (AvgIpc) is 2.43. The number of phenolic OH excluding ortho intramolecular Hbond substituents is 1. The van der Waals surface area contributed by atoms with Gasteiger partial charge in [0.05, 0.1) is 10.7 Å². The van der Waals surface area contributed by atoms with Gasteiger partial charge in [0.15, 0.2) is 0 Å². The molecule has 0 radical (unpaired) electrons. The summed E-state index contributed by atoms with van der Waals surface area (Å²) in [7, 11) is 0. The Bertz CT molecular complexity index is 655. The van der Waals surface area contributed by atoms with Crippen molar-refractivity contribution in [3.63, 3.8) is 0 Å². The molecule has 6 heteroatoms. The number of benzene rings is 2. The SMILES string of the molecule is O=C(NN=Cc1ccc(O)c(Br)c1)c1ccc(Br)cc1. The van der Waals surface area contributed by atoms with Gasteiger partial charge in [-0.1, -0.05) is 15.9 Å². The number of carbonyl (C=O) groups is 1. The topological polar surface area (TPSA) is 61.7 Å². The van der Waals surface area contributed by atoms with E-state index in [-0.39, 0.29) is 11.7 Å². The Kier molecular flexibility index (Phi) is 4.92. The number of nitrogens with one attached hydrogen (secondary N) is 1.